The molecule has 0 aliphatic heterocycles. The summed E-state index contributed by atoms with van der Waals surface area (Å²) in [4.78, 5) is 11.1. The maximum absolute atomic E-state index is 11.1. The van der Waals surface area contributed by atoms with Crippen molar-refractivity contribution in [3.8, 4) is 0 Å². The molecule has 88 valence electrons. The highest BCUT2D eigenvalue weighted by molar-refractivity contribution is 6.27. The average Bonchev–Trinajstić information content (AvgIpc) is 2.95. The van der Waals surface area contributed by atoms with Gasteiger partial charge in [-0.2, -0.15) is 5.10 Å². The number of amides is 1. The lowest BCUT2D eigenvalue weighted by molar-refractivity contribution is -0.118. The second-order valence-electron chi connectivity index (χ2n) is 4.12. The molecular formula is C11H16ClN3O. The van der Waals surface area contributed by atoms with Gasteiger partial charge in [0.05, 0.1) is 18.3 Å². The van der Waals surface area contributed by atoms with Crippen LogP contribution >= 0.6 is 11.6 Å². The van der Waals surface area contributed by atoms with E-state index in [0.29, 0.717) is 12.6 Å². The van der Waals surface area contributed by atoms with E-state index in [0.717, 1.165) is 5.69 Å². The molecule has 1 amide bonds. The van der Waals surface area contributed by atoms with Crippen LogP contribution in [0.4, 0.5) is 0 Å². The Morgan fingerprint density at radius 1 is 1.56 bits per heavy atom. The number of nitrogens with zero attached hydrogens (tertiary/aromatic N) is 2. The van der Waals surface area contributed by atoms with E-state index < -0.39 is 0 Å². The first kappa shape index (κ1) is 11.5. The van der Waals surface area contributed by atoms with Gasteiger partial charge in [0.2, 0.25) is 5.91 Å². The molecule has 1 N–H and O–H groups in total. The van der Waals surface area contributed by atoms with Crippen molar-refractivity contribution < 1.29 is 4.79 Å². The van der Waals surface area contributed by atoms with E-state index in [2.05, 4.69) is 10.4 Å². The van der Waals surface area contributed by atoms with Crippen molar-refractivity contribution in [2.45, 2.75) is 38.3 Å². The second-order valence-corrected chi connectivity index (χ2v) is 4.38. The van der Waals surface area contributed by atoms with E-state index in [1.54, 1.807) is 6.20 Å². The second kappa shape index (κ2) is 5.34. The normalized spacial score (nSPS) is 16.6. The lowest BCUT2D eigenvalue weighted by Crippen LogP contribution is -2.25. The third-order valence-corrected chi connectivity index (χ3v) is 3.25. The van der Waals surface area contributed by atoms with Crippen LogP contribution in [0.5, 0.6) is 0 Å². The van der Waals surface area contributed by atoms with Gasteiger partial charge in [-0.1, -0.05) is 12.8 Å². The standard InChI is InChI=1S/C11H16ClN3O/c12-7-11(16)13-8-10-5-6-14-15(10)9-3-1-2-4-9/h5-6,9H,1-4,7-8H2,(H,13,16). The van der Waals surface area contributed by atoms with Crippen LogP contribution in [0.1, 0.15) is 37.4 Å². The highest BCUT2D eigenvalue weighted by atomic mass is 35.5. The molecule has 1 aromatic heterocycles. The Morgan fingerprint density at radius 3 is 3.00 bits per heavy atom. The molecule has 0 saturated heterocycles. The van der Waals surface area contributed by atoms with Crippen LogP contribution in [-0.4, -0.2) is 21.6 Å². The highest BCUT2D eigenvalue weighted by Gasteiger charge is 2.19. The molecule has 1 aromatic rings. The van der Waals surface area contributed by atoms with Gasteiger partial charge in [0.25, 0.3) is 0 Å². The number of rotatable bonds is 4. The fraction of sp³-hybridized carbons (Fsp3) is 0.636. The van der Waals surface area contributed by atoms with Crippen LogP contribution in [0, 0.1) is 0 Å². The molecule has 1 aliphatic rings. The number of nitrogens with one attached hydrogen (secondary N) is 1. The molecule has 1 aliphatic carbocycles. The SMILES string of the molecule is O=C(CCl)NCc1ccnn1C1CCCC1. The van der Waals surface area contributed by atoms with E-state index >= 15 is 0 Å². The molecule has 1 saturated carbocycles. The van der Waals surface area contributed by atoms with Crippen molar-refractivity contribution in [1.82, 2.24) is 15.1 Å². The van der Waals surface area contributed by atoms with Crippen molar-refractivity contribution in [1.29, 1.82) is 0 Å². The number of hydrogen-bond donors (Lipinski definition) is 1. The topological polar surface area (TPSA) is 46.9 Å². The third-order valence-electron chi connectivity index (χ3n) is 3.01. The molecule has 0 spiro atoms. The van der Waals surface area contributed by atoms with Crippen LogP contribution in [0.3, 0.4) is 0 Å². The first-order valence-electron chi connectivity index (χ1n) is 5.66. The largest absolute Gasteiger partial charge is 0.349 e. The van der Waals surface area contributed by atoms with Gasteiger partial charge in [0.1, 0.15) is 5.88 Å². The van der Waals surface area contributed by atoms with Crippen molar-refractivity contribution in [2.75, 3.05) is 5.88 Å². The molecule has 0 aromatic carbocycles. The Balaban J connectivity index is 1.98. The monoisotopic (exact) mass is 241 g/mol. The van der Waals surface area contributed by atoms with Gasteiger partial charge in [-0.15, -0.1) is 11.6 Å². The summed E-state index contributed by atoms with van der Waals surface area (Å²) in [7, 11) is 0. The Morgan fingerprint density at radius 2 is 2.31 bits per heavy atom. The number of halogens is 1. The van der Waals surface area contributed by atoms with Gasteiger partial charge in [-0.25, -0.2) is 0 Å². The minimum Gasteiger partial charge on any atom is -0.349 e. The summed E-state index contributed by atoms with van der Waals surface area (Å²) in [5, 5.41) is 7.10. The first-order chi connectivity index (χ1) is 7.81. The summed E-state index contributed by atoms with van der Waals surface area (Å²) < 4.78 is 2.04. The van der Waals surface area contributed by atoms with Crippen molar-refractivity contribution in [3.63, 3.8) is 0 Å². The van der Waals surface area contributed by atoms with Gasteiger partial charge < -0.3 is 5.32 Å². The predicted molar refractivity (Wildman–Crippen MR) is 62.3 cm³/mol. The molecule has 5 heteroatoms. The smallest absolute Gasteiger partial charge is 0.235 e. The van der Waals surface area contributed by atoms with Crippen LogP contribution in [0.25, 0.3) is 0 Å². The molecule has 4 nitrogen and oxygen atoms in total. The van der Waals surface area contributed by atoms with Gasteiger partial charge in [0.15, 0.2) is 0 Å². The molecule has 16 heavy (non-hydrogen) atoms. The summed E-state index contributed by atoms with van der Waals surface area (Å²) in [6.07, 6.45) is 6.73. The zero-order valence-electron chi connectivity index (χ0n) is 9.16. The van der Waals surface area contributed by atoms with Crippen LogP contribution in [0.15, 0.2) is 12.3 Å². The summed E-state index contributed by atoms with van der Waals surface area (Å²) in [6, 6.07) is 2.46. The van der Waals surface area contributed by atoms with Crippen molar-refractivity contribution >= 4 is 17.5 Å². The molecule has 0 bridgehead atoms. The van der Waals surface area contributed by atoms with Crippen LogP contribution in [0.2, 0.25) is 0 Å². The van der Waals surface area contributed by atoms with E-state index in [-0.39, 0.29) is 11.8 Å². The van der Waals surface area contributed by atoms with Gasteiger partial charge in [-0.3, -0.25) is 9.48 Å². The van der Waals surface area contributed by atoms with Gasteiger partial charge in [0, 0.05) is 6.20 Å². The Labute approximate surface area is 100.0 Å². The Hall–Kier alpha value is -1.03. The number of alkyl halides is 1. The minimum absolute atomic E-state index is 0.0115. The maximum atomic E-state index is 11.1. The lowest BCUT2D eigenvalue weighted by Gasteiger charge is -2.14. The first-order valence-corrected chi connectivity index (χ1v) is 6.20. The maximum Gasteiger partial charge on any atom is 0.235 e. The summed E-state index contributed by atoms with van der Waals surface area (Å²) in [5.41, 5.74) is 1.06. The number of hydrogen-bond acceptors (Lipinski definition) is 2. The zero-order chi connectivity index (χ0) is 11.4. The molecule has 1 heterocycles. The van der Waals surface area contributed by atoms with Crippen LogP contribution < -0.4 is 5.32 Å². The van der Waals surface area contributed by atoms with Crippen molar-refractivity contribution in [3.05, 3.63) is 18.0 Å². The summed E-state index contributed by atoms with van der Waals surface area (Å²) in [5.74, 6) is -0.127. The summed E-state index contributed by atoms with van der Waals surface area (Å²) in [6.45, 7) is 0.516. The van der Waals surface area contributed by atoms with E-state index in [9.17, 15) is 4.79 Å². The number of aromatic nitrogens is 2. The average molecular weight is 242 g/mol. The molecule has 0 unspecified atom stereocenters. The molecule has 0 atom stereocenters. The fourth-order valence-corrected chi connectivity index (χ4v) is 2.29. The minimum atomic E-state index is -0.138. The summed E-state index contributed by atoms with van der Waals surface area (Å²) >= 11 is 5.42. The van der Waals surface area contributed by atoms with Crippen molar-refractivity contribution in [2.24, 2.45) is 0 Å². The Kier molecular flexibility index (Phi) is 3.83. The third kappa shape index (κ3) is 2.55. The Bertz CT molecular complexity index is 358. The number of carbonyl (C=O) groups is 1. The van der Waals surface area contributed by atoms with Crippen LogP contribution in [-0.2, 0) is 11.3 Å². The van der Waals surface area contributed by atoms with Gasteiger partial charge in [-0.05, 0) is 18.9 Å². The molecule has 1 fully saturated rings. The predicted octanol–water partition coefficient (Wildman–Crippen LogP) is 1.85. The lowest BCUT2D eigenvalue weighted by atomic mass is 10.2. The quantitative estimate of drug-likeness (QED) is 0.818. The number of carbonyl (C=O) groups excluding carboxylic acids is 1. The fourth-order valence-electron chi connectivity index (χ4n) is 2.20. The zero-order valence-corrected chi connectivity index (χ0v) is 9.91. The van der Waals surface area contributed by atoms with Gasteiger partial charge >= 0.3 is 0 Å². The van der Waals surface area contributed by atoms with E-state index in [1.165, 1.54) is 25.7 Å². The van der Waals surface area contributed by atoms with E-state index in [4.69, 9.17) is 11.6 Å². The highest BCUT2D eigenvalue weighted by Crippen LogP contribution is 2.29. The van der Waals surface area contributed by atoms with E-state index in [1.807, 2.05) is 10.7 Å². The molecule has 2 rings (SSSR count). The molecule has 0 radical (unpaired) electrons. The molecular weight excluding hydrogens is 226 g/mol.